The first-order valence-corrected chi connectivity index (χ1v) is 11.6. The van der Waals surface area contributed by atoms with Crippen molar-refractivity contribution in [3.63, 3.8) is 0 Å². The van der Waals surface area contributed by atoms with Gasteiger partial charge in [-0.2, -0.15) is 0 Å². The van der Waals surface area contributed by atoms with Crippen LogP contribution in [0.2, 0.25) is 0 Å². The SMILES string of the molecule is CCc1ccc(NC=C2C(=O)c3ccccc3N(Cc3cccc(C)c3)S2(=O)=O)cc1. The van der Waals surface area contributed by atoms with E-state index in [-0.39, 0.29) is 11.4 Å². The molecule has 0 aromatic heterocycles. The lowest BCUT2D eigenvalue weighted by atomic mass is 10.1. The summed E-state index contributed by atoms with van der Waals surface area (Å²) in [4.78, 5) is 12.8. The van der Waals surface area contributed by atoms with Gasteiger partial charge >= 0.3 is 0 Å². The summed E-state index contributed by atoms with van der Waals surface area (Å²) in [5.74, 6) is -0.506. The molecule has 1 N–H and O–H groups in total. The summed E-state index contributed by atoms with van der Waals surface area (Å²) < 4.78 is 28.3. The fourth-order valence-corrected chi connectivity index (χ4v) is 5.18. The quantitative estimate of drug-likeness (QED) is 0.574. The number of hydrogen-bond acceptors (Lipinski definition) is 4. The molecule has 1 aliphatic rings. The first kappa shape index (κ1) is 20.9. The van der Waals surface area contributed by atoms with Crippen molar-refractivity contribution < 1.29 is 13.2 Å². The molecule has 0 fully saturated rings. The van der Waals surface area contributed by atoms with E-state index in [0.717, 1.165) is 23.2 Å². The Labute approximate surface area is 183 Å². The Balaban J connectivity index is 1.75. The molecule has 0 saturated heterocycles. The van der Waals surface area contributed by atoms with Crippen LogP contribution in [-0.4, -0.2) is 14.2 Å². The molecular weight excluding hydrogens is 408 g/mol. The zero-order valence-electron chi connectivity index (χ0n) is 17.5. The van der Waals surface area contributed by atoms with E-state index in [1.165, 1.54) is 16.1 Å². The Morgan fingerprint density at radius 2 is 1.68 bits per heavy atom. The summed E-state index contributed by atoms with van der Waals surface area (Å²) in [6.45, 7) is 4.18. The minimum absolute atomic E-state index is 0.150. The lowest BCUT2D eigenvalue weighted by molar-refractivity contribution is 0.104. The molecule has 0 amide bonds. The molecule has 6 heteroatoms. The number of aryl methyl sites for hydroxylation is 2. The van der Waals surface area contributed by atoms with E-state index >= 15 is 0 Å². The second kappa shape index (κ2) is 8.40. The minimum atomic E-state index is -4.04. The van der Waals surface area contributed by atoms with Crippen molar-refractivity contribution in [1.29, 1.82) is 0 Å². The van der Waals surface area contributed by atoms with Gasteiger partial charge in [0.15, 0.2) is 4.91 Å². The molecule has 1 aliphatic heterocycles. The predicted molar refractivity (Wildman–Crippen MR) is 125 cm³/mol. The van der Waals surface area contributed by atoms with E-state index in [9.17, 15) is 13.2 Å². The predicted octanol–water partition coefficient (Wildman–Crippen LogP) is 5.04. The van der Waals surface area contributed by atoms with Gasteiger partial charge < -0.3 is 5.32 Å². The molecular formula is C25H24N2O3S. The molecule has 0 atom stereocenters. The average molecular weight is 433 g/mol. The van der Waals surface area contributed by atoms with Crippen molar-refractivity contribution in [2.45, 2.75) is 26.8 Å². The number of rotatable bonds is 5. The number of hydrogen-bond donors (Lipinski definition) is 1. The summed E-state index contributed by atoms with van der Waals surface area (Å²) in [7, 11) is -4.04. The second-order valence-electron chi connectivity index (χ2n) is 7.55. The van der Waals surface area contributed by atoms with Crippen LogP contribution in [0, 0.1) is 6.92 Å². The Morgan fingerprint density at radius 1 is 0.935 bits per heavy atom. The summed E-state index contributed by atoms with van der Waals surface area (Å²) in [6.07, 6.45) is 2.22. The van der Waals surface area contributed by atoms with Crippen LogP contribution in [0.5, 0.6) is 0 Å². The van der Waals surface area contributed by atoms with E-state index in [1.807, 2.05) is 55.5 Å². The molecule has 0 spiro atoms. The highest BCUT2D eigenvalue weighted by Gasteiger charge is 2.40. The number of carbonyl (C=O) groups is 1. The van der Waals surface area contributed by atoms with Gasteiger partial charge in [0.25, 0.3) is 10.0 Å². The molecule has 3 aromatic carbocycles. The number of allylic oxidation sites excluding steroid dienone is 1. The zero-order valence-corrected chi connectivity index (χ0v) is 18.3. The van der Waals surface area contributed by atoms with Crippen LogP contribution in [0.1, 0.15) is 34.0 Å². The summed E-state index contributed by atoms with van der Waals surface area (Å²) >= 11 is 0. The first-order valence-electron chi connectivity index (χ1n) is 10.2. The fourth-order valence-electron chi connectivity index (χ4n) is 3.65. The van der Waals surface area contributed by atoms with Crippen LogP contribution in [0.25, 0.3) is 0 Å². The van der Waals surface area contributed by atoms with Crippen molar-refractivity contribution in [3.8, 4) is 0 Å². The van der Waals surface area contributed by atoms with Crippen molar-refractivity contribution in [2.24, 2.45) is 0 Å². The average Bonchev–Trinajstić information content (AvgIpc) is 2.77. The molecule has 4 rings (SSSR count). The normalized spacial score (nSPS) is 16.3. The highest BCUT2D eigenvalue weighted by molar-refractivity contribution is 7.97. The Kier molecular flexibility index (Phi) is 5.65. The number of nitrogens with zero attached hydrogens (tertiary/aromatic N) is 1. The molecule has 3 aromatic rings. The fraction of sp³-hybridized carbons (Fsp3) is 0.160. The number of sulfonamides is 1. The van der Waals surface area contributed by atoms with Gasteiger partial charge in [-0.1, -0.05) is 61.0 Å². The van der Waals surface area contributed by atoms with Crippen molar-refractivity contribution >= 4 is 27.2 Å². The number of anilines is 2. The number of nitrogens with one attached hydrogen (secondary N) is 1. The van der Waals surface area contributed by atoms with E-state index in [4.69, 9.17) is 0 Å². The molecule has 5 nitrogen and oxygen atoms in total. The highest BCUT2D eigenvalue weighted by atomic mass is 32.2. The van der Waals surface area contributed by atoms with Crippen LogP contribution >= 0.6 is 0 Å². The first-order chi connectivity index (χ1) is 14.9. The third-order valence-corrected chi connectivity index (χ3v) is 7.12. The van der Waals surface area contributed by atoms with Gasteiger partial charge in [-0.25, -0.2) is 8.42 Å². The topological polar surface area (TPSA) is 66.5 Å². The Bertz CT molecular complexity index is 1260. The smallest absolute Gasteiger partial charge is 0.270 e. The van der Waals surface area contributed by atoms with E-state index in [0.29, 0.717) is 11.3 Å². The maximum atomic E-state index is 13.5. The number of para-hydroxylation sites is 1. The van der Waals surface area contributed by atoms with Crippen LogP contribution in [0.15, 0.2) is 83.9 Å². The number of ketones is 1. The third kappa shape index (κ3) is 4.11. The van der Waals surface area contributed by atoms with Gasteiger partial charge in [-0.3, -0.25) is 9.10 Å². The van der Waals surface area contributed by atoms with Gasteiger partial charge in [0.2, 0.25) is 5.78 Å². The Hall–Kier alpha value is -3.38. The highest BCUT2D eigenvalue weighted by Crippen LogP contribution is 2.36. The number of benzene rings is 3. The molecule has 0 aliphatic carbocycles. The molecule has 0 saturated carbocycles. The molecule has 31 heavy (non-hydrogen) atoms. The lowest BCUT2D eigenvalue weighted by Crippen LogP contribution is -2.39. The zero-order chi connectivity index (χ0) is 22.0. The second-order valence-corrected chi connectivity index (χ2v) is 9.38. The molecule has 0 bridgehead atoms. The standard InChI is InChI=1S/C25H24N2O3S/c1-3-19-11-13-21(14-12-19)26-16-24-25(28)22-9-4-5-10-23(22)27(31(24,29)30)17-20-8-6-7-18(2)15-20/h4-16,26H,3,17H2,1-2H3. The summed E-state index contributed by atoms with van der Waals surface area (Å²) in [5, 5.41) is 2.99. The van der Waals surface area contributed by atoms with Crippen LogP contribution in [0.3, 0.4) is 0 Å². The molecule has 1 heterocycles. The summed E-state index contributed by atoms with van der Waals surface area (Å²) in [5.41, 5.74) is 4.58. The largest absolute Gasteiger partial charge is 0.360 e. The number of carbonyl (C=O) groups excluding carboxylic acids is 1. The van der Waals surface area contributed by atoms with Gasteiger partial charge in [0.1, 0.15) is 0 Å². The molecule has 0 radical (unpaired) electrons. The van der Waals surface area contributed by atoms with Gasteiger partial charge in [0, 0.05) is 17.5 Å². The van der Waals surface area contributed by atoms with Gasteiger partial charge in [-0.15, -0.1) is 0 Å². The lowest BCUT2D eigenvalue weighted by Gasteiger charge is -2.31. The number of Topliss-reactive ketones (excluding diaryl/α,β-unsaturated/α-hetero) is 1. The van der Waals surface area contributed by atoms with Crippen LogP contribution in [-0.2, 0) is 23.0 Å². The van der Waals surface area contributed by atoms with Crippen molar-refractivity contribution in [2.75, 3.05) is 9.62 Å². The van der Waals surface area contributed by atoms with Crippen LogP contribution < -0.4 is 9.62 Å². The Morgan fingerprint density at radius 3 is 2.39 bits per heavy atom. The number of fused-ring (bicyclic) bond motifs is 1. The minimum Gasteiger partial charge on any atom is -0.360 e. The third-order valence-electron chi connectivity index (χ3n) is 5.35. The maximum absolute atomic E-state index is 13.5. The van der Waals surface area contributed by atoms with Gasteiger partial charge in [0.05, 0.1) is 12.2 Å². The summed E-state index contributed by atoms with van der Waals surface area (Å²) in [6, 6.07) is 22.2. The van der Waals surface area contributed by atoms with Crippen LogP contribution in [0.4, 0.5) is 11.4 Å². The van der Waals surface area contributed by atoms with Crippen molar-refractivity contribution in [3.05, 3.63) is 106 Å². The van der Waals surface area contributed by atoms with Gasteiger partial charge in [-0.05, 0) is 48.7 Å². The van der Waals surface area contributed by atoms with E-state index < -0.39 is 15.8 Å². The van der Waals surface area contributed by atoms with E-state index in [1.54, 1.807) is 24.3 Å². The molecule has 158 valence electrons. The molecule has 0 unspecified atom stereocenters. The van der Waals surface area contributed by atoms with Crippen molar-refractivity contribution in [1.82, 2.24) is 0 Å². The monoisotopic (exact) mass is 432 g/mol. The van der Waals surface area contributed by atoms with E-state index in [2.05, 4.69) is 12.2 Å². The maximum Gasteiger partial charge on any atom is 0.270 e.